The van der Waals surface area contributed by atoms with E-state index in [9.17, 15) is 9.59 Å². The second-order valence-electron chi connectivity index (χ2n) is 6.35. The van der Waals surface area contributed by atoms with Gasteiger partial charge in [-0.25, -0.2) is 0 Å². The fourth-order valence-corrected chi connectivity index (χ4v) is 2.32. The first-order chi connectivity index (χ1) is 12.9. The number of amides is 2. The molecule has 0 aliphatic heterocycles. The van der Waals surface area contributed by atoms with Crippen LogP contribution in [-0.4, -0.2) is 24.5 Å². The van der Waals surface area contributed by atoms with Crippen LogP contribution in [0.2, 0.25) is 0 Å². The van der Waals surface area contributed by atoms with Crippen LogP contribution in [0.25, 0.3) is 0 Å². The van der Waals surface area contributed by atoms with Crippen LogP contribution < -0.4 is 20.3 Å². The van der Waals surface area contributed by atoms with Gasteiger partial charge >= 0.3 is 0 Å². The molecule has 6 heteroatoms. The van der Waals surface area contributed by atoms with Gasteiger partial charge < -0.3 is 9.47 Å². The summed E-state index contributed by atoms with van der Waals surface area (Å²) < 4.78 is 11.1. The van der Waals surface area contributed by atoms with Crippen molar-refractivity contribution in [2.75, 3.05) is 6.61 Å². The highest BCUT2D eigenvalue weighted by Crippen LogP contribution is 2.20. The van der Waals surface area contributed by atoms with E-state index in [0.29, 0.717) is 11.5 Å². The molecule has 2 aromatic carbocycles. The van der Waals surface area contributed by atoms with Crippen LogP contribution in [0.1, 0.15) is 30.5 Å². The van der Waals surface area contributed by atoms with Gasteiger partial charge in [0.25, 0.3) is 11.8 Å². The van der Waals surface area contributed by atoms with E-state index in [2.05, 4.69) is 17.8 Å². The highest BCUT2D eigenvalue weighted by atomic mass is 16.5. The van der Waals surface area contributed by atoms with Crippen molar-refractivity contribution >= 4 is 11.8 Å². The van der Waals surface area contributed by atoms with Crippen LogP contribution in [-0.2, 0) is 16.0 Å². The molecule has 2 rings (SSSR count). The normalized spacial score (nSPS) is 11.4. The standard InChI is InChI=1S/C21H26N2O4/c1-5-17-8-10-18(11-9-17)26-13-20(24)22-23-21(25)16(4)27-19-12-14(2)6-7-15(19)3/h6-12,16H,5,13H2,1-4H3,(H,22,24)(H,23,25). The maximum absolute atomic E-state index is 12.1. The van der Waals surface area contributed by atoms with Gasteiger partial charge in [0.1, 0.15) is 11.5 Å². The fraction of sp³-hybridized carbons (Fsp3) is 0.333. The third-order valence-electron chi connectivity index (χ3n) is 4.04. The van der Waals surface area contributed by atoms with E-state index >= 15 is 0 Å². The quantitative estimate of drug-likeness (QED) is 0.735. The zero-order valence-corrected chi connectivity index (χ0v) is 16.2. The molecule has 2 aromatic rings. The Balaban J connectivity index is 1.76. The second-order valence-corrected chi connectivity index (χ2v) is 6.35. The van der Waals surface area contributed by atoms with Gasteiger partial charge in [-0.2, -0.15) is 0 Å². The van der Waals surface area contributed by atoms with E-state index in [1.807, 2.05) is 56.3 Å². The number of nitrogens with one attached hydrogen (secondary N) is 2. The van der Waals surface area contributed by atoms with Gasteiger partial charge in [-0.1, -0.05) is 31.2 Å². The maximum Gasteiger partial charge on any atom is 0.279 e. The summed E-state index contributed by atoms with van der Waals surface area (Å²) in [5, 5.41) is 0. The van der Waals surface area contributed by atoms with Crippen molar-refractivity contribution in [2.24, 2.45) is 0 Å². The number of aryl methyl sites for hydroxylation is 3. The van der Waals surface area contributed by atoms with E-state index in [-0.39, 0.29) is 6.61 Å². The maximum atomic E-state index is 12.1. The van der Waals surface area contributed by atoms with Gasteiger partial charge in [-0.3, -0.25) is 20.4 Å². The van der Waals surface area contributed by atoms with E-state index in [1.54, 1.807) is 6.92 Å². The Morgan fingerprint density at radius 2 is 1.74 bits per heavy atom. The Bertz CT molecular complexity index is 787. The predicted octanol–water partition coefficient (Wildman–Crippen LogP) is 2.86. The number of carbonyl (C=O) groups excluding carboxylic acids is 2. The van der Waals surface area contributed by atoms with E-state index in [4.69, 9.17) is 9.47 Å². The summed E-state index contributed by atoms with van der Waals surface area (Å²) in [6.07, 6.45) is 0.183. The average molecular weight is 370 g/mol. The first-order valence-corrected chi connectivity index (χ1v) is 8.93. The monoisotopic (exact) mass is 370 g/mol. The molecule has 0 radical (unpaired) electrons. The molecule has 6 nitrogen and oxygen atoms in total. The van der Waals surface area contributed by atoms with Crippen LogP contribution >= 0.6 is 0 Å². The Labute approximate surface area is 159 Å². The first-order valence-electron chi connectivity index (χ1n) is 8.93. The lowest BCUT2D eigenvalue weighted by molar-refractivity contribution is -0.133. The Kier molecular flexibility index (Phi) is 7.23. The summed E-state index contributed by atoms with van der Waals surface area (Å²) in [7, 11) is 0. The molecule has 0 aliphatic rings. The van der Waals surface area contributed by atoms with E-state index in [0.717, 1.165) is 17.5 Å². The number of rotatable bonds is 7. The molecule has 144 valence electrons. The minimum atomic E-state index is -0.756. The molecule has 27 heavy (non-hydrogen) atoms. The number of hydrogen-bond acceptors (Lipinski definition) is 4. The van der Waals surface area contributed by atoms with Gasteiger partial charge in [-0.05, 0) is 62.1 Å². The molecule has 1 atom stereocenters. The van der Waals surface area contributed by atoms with Crippen LogP contribution in [0.3, 0.4) is 0 Å². The zero-order valence-electron chi connectivity index (χ0n) is 16.2. The molecular weight excluding hydrogens is 344 g/mol. The number of carbonyl (C=O) groups is 2. The molecule has 0 spiro atoms. The topological polar surface area (TPSA) is 76.7 Å². The van der Waals surface area contributed by atoms with Gasteiger partial charge in [0.2, 0.25) is 0 Å². The summed E-state index contributed by atoms with van der Waals surface area (Å²) in [6, 6.07) is 13.3. The number of hydrazine groups is 1. The van der Waals surface area contributed by atoms with Crippen molar-refractivity contribution in [3.05, 3.63) is 59.2 Å². The smallest absolute Gasteiger partial charge is 0.279 e. The van der Waals surface area contributed by atoms with Crippen molar-refractivity contribution in [1.29, 1.82) is 0 Å². The second kappa shape index (κ2) is 9.62. The summed E-state index contributed by atoms with van der Waals surface area (Å²) in [4.78, 5) is 23.9. The van der Waals surface area contributed by atoms with Crippen LogP contribution in [0.4, 0.5) is 0 Å². The summed E-state index contributed by atoms with van der Waals surface area (Å²) >= 11 is 0. The van der Waals surface area contributed by atoms with E-state index in [1.165, 1.54) is 5.56 Å². The lowest BCUT2D eigenvalue weighted by atomic mass is 10.1. The molecule has 1 unspecified atom stereocenters. The first kappa shape index (κ1) is 20.3. The minimum Gasteiger partial charge on any atom is -0.484 e. The molecule has 0 saturated heterocycles. The Morgan fingerprint density at radius 1 is 1.04 bits per heavy atom. The van der Waals surface area contributed by atoms with Gasteiger partial charge in [0.15, 0.2) is 12.7 Å². The molecule has 0 fully saturated rings. The van der Waals surface area contributed by atoms with Gasteiger partial charge in [0.05, 0.1) is 0 Å². The zero-order chi connectivity index (χ0) is 19.8. The average Bonchev–Trinajstić information content (AvgIpc) is 2.67. The van der Waals surface area contributed by atoms with Crippen LogP contribution in [0.5, 0.6) is 11.5 Å². The molecule has 0 aromatic heterocycles. The highest BCUT2D eigenvalue weighted by molar-refractivity contribution is 5.85. The number of ether oxygens (including phenoxy) is 2. The largest absolute Gasteiger partial charge is 0.484 e. The fourth-order valence-electron chi connectivity index (χ4n) is 2.32. The predicted molar refractivity (Wildman–Crippen MR) is 104 cm³/mol. The molecule has 0 heterocycles. The molecule has 0 bridgehead atoms. The van der Waals surface area contributed by atoms with Crippen molar-refractivity contribution in [1.82, 2.24) is 10.9 Å². The highest BCUT2D eigenvalue weighted by Gasteiger charge is 2.16. The van der Waals surface area contributed by atoms with Gasteiger partial charge in [0, 0.05) is 0 Å². The molecule has 0 saturated carbocycles. The molecule has 2 amide bonds. The van der Waals surface area contributed by atoms with Crippen LogP contribution in [0.15, 0.2) is 42.5 Å². The minimum absolute atomic E-state index is 0.196. The lowest BCUT2D eigenvalue weighted by Gasteiger charge is -2.17. The summed E-state index contributed by atoms with van der Waals surface area (Å²) in [6.45, 7) is 7.35. The Hall–Kier alpha value is -3.02. The number of hydrogen-bond donors (Lipinski definition) is 2. The number of benzene rings is 2. The van der Waals surface area contributed by atoms with Crippen molar-refractivity contribution in [2.45, 2.75) is 40.2 Å². The third-order valence-corrected chi connectivity index (χ3v) is 4.04. The summed E-state index contributed by atoms with van der Waals surface area (Å²) in [5.74, 6) is 0.335. The van der Waals surface area contributed by atoms with Crippen LogP contribution in [0, 0.1) is 13.8 Å². The third kappa shape index (κ3) is 6.33. The SMILES string of the molecule is CCc1ccc(OCC(=O)NNC(=O)C(C)Oc2cc(C)ccc2C)cc1. The van der Waals surface area contributed by atoms with E-state index < -0.39 is 17.9 Å². The molecule has 2 N–H and O–H groups in total. The summed E-state index contributed by atoms with van der Waals surface area (Å²) in [5.41, 5.74) is 7.84. The molecule has 0 aliphatic carbocycles. The van der Waals surface area contributed by atoms with Crippen molar-refractivity contribution in [3.8, 4) is 11.5 Å². The van der Waals surface area contributed by atoms with Crippen molar-refractivity contribution < 1.29 is 19.1 Å². The lowest BCUT2D eigenvalue weighted by Crippen LogP contribution is -2.48. The Morgan fingerprint density at radius 3 is 2.41 bits per heavy atom. The van der Waals surface area contributed by atoms with Gasteiger partial charge in [-0.15, -0.1) is 0 Å². The van der Waals surface area contributed by atoms with Crippen molar-refractivity contribution in [3.63, 3.8) is 0 Å². The molecular formula is C21H26N2O4.